The number of likely N-dealkylation sites (tertiary alicyclic amines) is 1. The number of methoxy groups -OCH3 is 1. The van der Waals surface area contributed by atoms with E-state index in [4.69, 9.17) is 9.47 Å². The summed E-state index contributed by atoms with van der Waals surface area (Å²) >= 11 is 0. The maximum absolute atomic E-state index is 13.5. The second-order valence-electron chi connectivity index (χ2n) is 6.27. The Balaban J connectivity index is 1.64. The molecule has 23 heavy (non-hydrogen) atoms. The number of fused-ring (bicyclic) bond motifs is 1. The molecular weight excluding hydrogens is 299 g/mol. The number of carbonyl (C=O) groups excluding carboxylic acids is 1. The van der Waals surface area contributed by atoms with Crippen LogP contribution in [0.15, 0.2) is 18.2 Å². The van der Waals surface area contributed by atoms with Gasteiger partial charge in [-0.05, 0) is 36.8 Å². The molecule has 1 aliphatic heterocycles. The molecule has 126 valence electrons. The summed E-state index contributed by atoms with van der Waals surface area (Å²) in [6.07, 6.45) is 3.69. The Morgan fingerprint density at radius 1 is 1.30 bits per heavy atom. The topological polar surface area (TPSA) is 50.8 Å². The van der Waals surface area contributed by atoms with Crippen molar-refractivity contribution in [3.63, 3.8) is 0 Å². The van der Waals surface area contributed by atoms with Gasteiger partial charge in [0.1, 0.15) is 18.2 Å². The number of amides is 2. The van der Waals surface area contributed by atoms with Gasteiger partial charge >= 0.3 is 6.03 Å². The minimum atomic E-state index is -0.405. The molecule has 1 aromatic carbocycles. The Bertz CT molecular complexity index is 555. The third kappa shape index (κ3) is 3.75. The van der Waals surface area contributed by atoms with Crippen LogP contribution in [0.2, 0.25) is 0 Å². The van der Waals surface area contributed by atoms with Gasteiger partial charge in [-0.1, -0.05) is 6.42 Å². The lowest BCUT2D eigenvalue weighted by molar-refractivity contribution is 0.146. The first-order chi connectivity index (χ1) is 11.2. The second kappa shape index (κ2) is 7.17. The summed E-state index contributed by atoms with van der Waals surface area (Å²) < 4.78 is 24.0. The fraction of sp³-hybridized carbons (Fsp3) is 0.588. The third-order valence-electron chi connectivity index (χ3n) is 4.74. The number of hydrogen-bond acceptors (Lipinski definition) is 3. The minimum absolute atomic E-state index is 0.179. The van der Waals surface area contributed by atoms with E-state index < -0.39 is 5.82 Å². The van der Waals surface area contributed by atoms with Gasteiger partial charge < -0.3 is 19.7 Å². The summed E-state index contributed by atoms with van der Waals surface area (Å²) in [7, 11) is 1.58. The fourth-order valence-corrected chi connectivity index (χ4v) is 3.56. The van der Waals surface area contributed by atoms with Crippen molar-refractivity contribution >= 4 is 11.7 Å². The second-order valence-corrected chi connectivity index (χ2v) is 6.27. The number of nitrogens with zero attached hydrogens (tertiary/aromatic N) is 1. The first-order valence-electron chi connectivity index (χ1n) is 8.14. The molecule has 1 aromatic rings. The van der Waals surface area contributed by atoms with Crippen LogP contribution in [0.3, 0.4) is 0 Å². The van der Waals surface area contributed by atoms with Crippen LogP contribution in [0.5, 0.6) is 5.75 Å². The van der Waals surface area contributed by atoms with E-state index in [2.05, 4.69) is 5.32 Å². The molecule has 0 bridgehead atoms. The number of anilines is 1. The first kappa shape index (κ1) is 16.1. The van der Waals surface area contributed by atoms with Crippen LogP contribution >= 0.6 is 0 Å². The molecule has 2 amide bonds. The van der Waals surface area contributed by atoms with E-state index in [1.54, 1.807) is 7.11 Å². The molecule has 6 heteroatoms. The lowest BCUT2D eigenvalue weighted by atomic mass is 10.0. The van der Waals surface area contributed by atoms with Crippen LogP contribution in [0.1, 0.15) is 19.3 Å². The molecule has 2 fully saturated rings. The molecule has 0 spiro atoms. The molecule has 3 rings (SSSR count). The Morgan fingerprint density at radius 2 is 2.04 bits per heavy atom. The highest BCUT2D eigenvalue weighted by atomic mass is 19.1. The zero-order valence-corrected chi connectivity index (χ0v) is 13.4. The van der Waals surface area contributed by atoms with Gasteiger partial charge in [0.15, 0.2) is 0 Å². The largest absolute Gasteiger partial charge is 0.489 e. The molecule has 0 unspecified atom stereocenters. The molecule has 2 atom stereocenters. The SMILES string of the molecule is COCCOc1ccc(F)cc1NC(=O)N1C[C@@H]2CCC[C@H]2C1. The van der Waals surface area contributed by atoms with E-state index in [9.17, 15) is 9.18 Å². The molecule has 1 heterocycles. The minimum Gasteiger partial charge on any atom is -0.489 e. The van der Waals surface area contributed by atoms with Crippen molar-refractivity contribution in [2.45, 2.75) is 19.3 Å². The molecule has 1 saturated heterocycles. The number of rotatable bonds is 5. The van der Waals surface area contributed by atoms with Gasteiger partial charge in [-0.3, -0.25) is 0 Å². The van der Waals surface area contributed by atoms with Crippen LogP contribution < -0.4 is 10.1 Å². The number of halogens is 1. The highest BCUT2D eigenvalue weighted by Gasteiger charge is 2.38. The van der Waals surface area contributed by atoms with Gasteiger partial charge in [0.2, 0.25) is 0 Å². The molecular formula is C17H23FN2O3. The van der Waals surface area contributed by atoms with E-state index in [1.165, 1.54) is 37.5 Å². The number of nitrogens with one attached hydrogen (secondary N) is 1. The zero-order valence-electron chi connectivity index (χ0n) is 13.4. The van der Waals surface area contributed by atoms with Crippen molar-refractivity contribution < 1.29 is 18.7 Å². The molecule has 0 radical (unpaired) electrons. The monoisotopic (exact) mass is 322 g/mol. The van der Waals surface area contributed by atoms with Gasteiger partial charge in [0.25, 0.3) is 0 Å². The fourth-order valence-electron chi connectivity index (χ4n) is 3.56. The Kier molecular flexibility index (Phi) is 5.00. The normalized spacial score (nSPS) is 23.0. The maximum Gasteiger partial charge on any atom is 0.321 e. The van der Waals surface area contributed by atoms with E-state index in [0.717, 1.165) is 13.1 Å². The molecule has 1 N–H and O–H groups in total. The first-order valence-corrected chi connectivity index (χ1v) is 8.14. The average molecular weight is 322 g/mol. The summed E-state index contributed by atoms with van der Waals surface area (Å²) in [5.41, 5.74) is 0.364. The van der Waals surface area contributed by atoms with E-state index in [1.807, 2.05) is 4.90 Å². The van der Waals surface area contributed by atoms with Crippen LogP contribution in [0, 0.1) is 17.7 Å². The Hall–Kier alpha value is -1.82. The summed E-state index contributed by atoms with van der Waals surface area (Å²) in [5, 5.41) is 2.79. The summed E-state index contributed by atoms with van der Waals surface area (Å²) in [6, 6.07) is 3.95. The molecule has 2 aliphatic rings. The van der Waals surface area contributed by atoms with Gasteiger partial charge in [-0.15, -0.1) is 0 Å². The molecule has 5 nitrogen and oxygen atoms in total. The van der Waals surface area contributed by atoms with Gasteiger partial charge in [-0.2, -0.15) is 0 Å². The molecule has 0 aromatic heterocycles. The number of benzene rings is 1. The van der Waals surface area contributed by atoms with Crippen molar-refractivity contribution in [2.24, 2.45) is 11.8 Å². The van der Waals surface area contributed by atoms with Gasteiger partial charge in [0, 0.05) is 26.3 Å². The van der Waals surface area contributed by atoms with Crippen molar-refractivity contribution in [1.29, 1.82) is 0 Å². The van der Waals surface area contributed by atoms with Crippen LogP contribution in [0.25, 0.3) is 0 Å². The van der Waals surface area contributed by atoms with E-state index >= 15 is 0 Å². The average Bonchev–Trinajstić information content (AvgIpc) is 3.11. The van der Waals surface area contributed by atoms with Crippen molar-refractivity contribution in [1.82, 2.24) is 4.90 Å². The number of ether oxygens (including phenoxy) is 2. The van der Waals surface area contributed by atoms with Crippen LogP contribution in [-0.2, 0) is 4.74 Å². The summed E-state index contributed by atoms with van der Waals surface area (Å²) in [6.45, 7) is 2.37. The maximum atomic E-state index is 13.5. The van der Waals surface area contributed by atoms with E-state index in [0.29, 0.717) is 36.5 Å². The highest BCUT2D eigenvalue weighted by Crippen LogP contribution is 2.38. The quantitative estimate of drug-likeness (QED) is 0.848. The lowest BCUT2D eigenvalue weighted by Gasteiger charge is -2.19. The smallest absolute Gasteiger partial charge is 0.321 e. The van der Waals surface area contributed by atoms with Crippen LogP contribution in [0.4, 0.5) is 14.9 Å². The molecule has 1 aliphatic carbocycles. The predicted molar refractivity (Wildman–Crippen MR) is 85.2 cm³/mol. The number of carbonyl (C=O) groups is 1. The number of hydrogen-bond donors (Lipinski definition) is 1. The predicted octanol–water partition coefficient (Wildman–Crippen LogP) is 3.11. The van der Waals surface area contributed by atoms with E-state index in [-0.39, 0.29) is 6.03 Å². The standard InChI is InChI=1S/C17H23FN2O3/c1-22-7-8-23-16-6-5-14(18)9-15(16)19-17(21)20-10-12-3-2-4-13(12)11-20/h5-6,9,12-13H,2-4,7-8,10-11H2,1H3,(H,19,21)/t12-,13-/m0/s1. The van der Waals surface area contributed by atoms with Crippen LogP contribution in [-0.4, -0.2) is 44.3 Å². The highest BCUT2D eigenvalue weighted by molar-refractivity contribution is 5.91. The summed E-state index contributed by atoms with van der Waals surface area (Å²) in [4.78, 5) is 14.3. The Labute approximate surface area is 135 Å². The third-order valence-corrected chi connectivity index (χ3v) is 4.74. The van der Waals surface area contributed by atoms with Crippen molar-refractivity contribution in [3.8, 4) is 5.75 Å². The Morgan fingerprint density at radius 3 is 2.74 bits per heavy atom. The summed E-state index contributed by atoms with van der Waals surface area (Å²) in [5.74, 6) is 1.31. The number of urea groups is 1. The van der Waals surface area contributed by atoms with Crippen molar-refractivity contribution in [2.75, 3.05) is 38.7 Å². The zero-order chi connectivity index (χ0) is 16.2. The lowest BCUT2D eigenvalue weighted by Crippen LogP contribution is -2.33. The molecule has 1 saturated carbocycles. The van der Waals surface area contributed by atoms with Gasteiger partial charge in [0.05, 0.1) is 12.3 Å². The van der Waals surface area contributed by atoms with Crippen molar-refractivity contribution in [3.05, 3.63) is 24.0 Å². The van der Waals surface area contributed by atoms with Gasteiger partial charge in [-0.25, -0.2) is 9.18 Å².